The fourth-order valence-corrected chi connectivity index (χ4v) is 3.41. The van der Waals surface area contributed by atoms with Crippen molar-refractivity contribution < 1.29 is 14.6 Å². The summed E-state index contributed by atoms with van der Waals surface area (Å²) >= 11 is 0. The Morgan fingerprint density at radius 3 is 2.74 bits per heavy atom. The molecule has 1 aromatic carbocycles. The molecule has 1 atom stereocenters. The molecule has 1 aromatic rings. The molecule has 0 aromatic heterocycles. The fraction of sp³-hybridized carbons (Fsp3) is 0.650. The topological polar surface area (TPSA) is 75.1 Å². The second-order valence-electron chi connectivity index (χ2n) is 7.26. The molecule has 0 spiro atoms. The molecular weight excluding hydrogens is 457 g/mol. The minimum atomic E-state index is -0.579. The number of nitrogens with one attached hydrogen (secondary N) is 2. The van der Waals surface area contributed by atoms with E-state index in [0.29, 0.717) is 25.7 Å². The number of hydrogen-bond donors (Lipinski definition) is 3. The van der Waals surface area contributed by atoms with E-state index < -0.39 is 5.60 Å². The Labute approximate surface area is 179 Å². The monoisotopic (exact) mass is 489 g/mol. The van der Waals surface area contributed by atoms with Gasteiger partial charge < -0.3 is 25.2 Å². The highest BCUT2D eigenvalue weighted by atomic mass is 127. The van der Waals surface area contributed by atoms with E-state index in [1.165, 1.54) is 5.56 Å². The van der Waals surface area contributed by atoms with Crippen LogP contribution in [0.25, 0.3) is 0 Å². The molecule has 1 unspecified atom stereocenters. The minimum Gasteiger partial charge on any atom is -0.494 e. The largest absolute Gasteiger partial charge is 0.494 e. The first-order valence-electron chi connectivity index (χ1n) is 9.73. The van der Waals surface area contributed by atoms with E-state index in [2.05, 4.69) is 34.7 Å². The lowest BCUT2D eigenvalue weighted by atomic mass is 9.80. The van der Waals surface area contributed by atoms with Gasteiger partial charge in [-0.3, -0.25) is 0 Å². The second-order valence-corrected chi connectivity index (χ2v) is 7.26. The van der Waals surface area contributed by atoms with Crippen LogP contribution in [0.4, 0.5) is 0 Å². The second kappa shape index (κ2) is 9.82. The van der Waals surface area contributed by atoms with E-state index in [-0.39, 0.29) is 30.1 Å². The number of aliphatic imine (C=N–C) groups is 1. The molecule has 0 bridgehead atoms. The van der Waals surface area contributed by atoms with E-state index in [0.717, 1.165) is 49.3 Å². The molecule has 1 heterocycles. The number of nitrogens with zero attached hydrogens (tertiary/aromatic N) is 1. The Hall–Kier alpha value is -1.22. The van der Waals surface area contributed by atoms with Gasteiger partial charge in [0.05, 0.1) is 18.8 Å². The number of aliphatic hydroxyl groups is 1. The molecule has 1 aliphatic heterocycles. The van der Waals surface area contributed by atoms with Crippen molar-refractivity contribution in [3.8, 4) is 11.5 Å². The third-order valence-electron chi connectivity index (χ3n) is 5.00. The summed E-state index contributed by atoms with van der Waals surface area (Å²) in [6.07, 6.45) is 3.93. The molecule has 1 fully saturated rings. The van der Waals surface area contributed by atoms with Crippen molar-refractivity contribution in [3.05, 3.63) is 23.3 Å². The van der Waals surface area contributed by atoms with Crippen molar-refractivity contribution in [1.29, 1.82) is 0 Å². The maximum absolute atomic E-state index is 10.3. The van der Waals surface area contributed by atoms with Gasteiger partial charge in [-0.2, -0.15) is 0 Å². The molecule has 152 valence electrons. The summed E-state index contributed by atoms with van der Waals surface area (Å²) in [5.74, 6) is 2.53. The van der Waals surface area contributed by atoms with Gasteiger partial charge in [-0.15, -0.1) is 24.0 Å². The lowest BCUT2D eigenvalue weighted by Gasteiger charge is -2.37. The van der Waals surface area contributed by atoms with E-state index in [4.69, 9.17) is 9.47 Å². The zero-order valence-electron chi connectivity index (χ0n) is 16.5. The highest BCUT2D eigenvalue weighted by Gasteiger charge is 2.34. The summed E-state index contributed by atoms with van der Waals surface area (Å²) in [6, 6.07) is 4.14. The van der Waals surface area contributed by atoms with Crippen molar-refractivity contribution in [3.63, 3.8) is 0 Å². The van der Waals surface area contributed by atoms with E-state index in [1.807, 2.05) is 13.8 Å². The standard InChI is InChI=1S/C20H31N3O3.HI/c1-4-21-19(23-13-20(24)7-6-8-20)22-12-16-11-18-15(9-14(3)26-18)10-17(16)25-5-2;/h10-11,14,24H,4-9,12-13H2,1-3H3,(H2,21,22,23);1H. The Morgan fingerprint density at radius 2 is 2.11 bits per heavy atom. The third-order valence-corrected chi connectivity index (χ3v) is 5.00. The van der Waals surface area contributed by atoms with Gasteiger partial charge in [-0.05, 0) is 52.2 Å². The third kappa shape index (κ3) is 5.63. The molecule has 0 amide bonds. The Kier molecular flexibility index (Phi) is 8.03. The summed E-state index contributed by atoms with van der Waals surface area (Å²) in [6.45, 7) is 8.52. The number of benzene rings is 1. The van der Waals surface area contributed by atoms with Crippen LogP contribution in [-0.4, -0.2) is 42.5 Å². The van der Waals surface area contributed by atoms with Crippen LogP contribution in [-0.2, 0) is 13.0 Å². The first kappa shape index (κ1) is 22.1. The lowest BCUT2D eigenvalue weighted by molar-refractivity contribution is -0.0279. The van der Waals surface area contributed by atoms with E-state index >= 15 is 0 Å². The highest BCUT2D eigenvalue weighted by molar-refractivity contribution is 14.0. The Bertz CT molecular complexity index is 662. The van der Waals surface area contributed by atoms with Crippen molar-refractivity contribution in [2.45, 2.75) is 64.7 Å². The molecule has 3 rings (SSSR count). The molecule has 2 aliphatic rings. The molecule has 27 heavy (non-hydrogen) atoms. The summed E-state index contributed by atoms with van der Waals surface area (Å²) in [5, 5.41) is 16.8. The van der Waals surface area contributed by atoms with Crippen LogP contribution in [0.5, 0.6) is 11.5 Å². The van der Waals surface area contributed by atoms with Gasteiger partial charge in [0.25, 0.3) is 0 Å². The maximum atomic E-state index is 10.3. The molecule has 1 aliphatic carbocycles. The van der Waals surface area contributed by atoms with Gasteiger partial charge in [0.2, 0.25) is 0 Å². The molecule has 1 saturated carbocycles. The predicted octanol–water partition coefficient (Wildman–Crippen LogP) is 3.00. The molecular formula is C20H32IN3O3. The molecule has 7 heteroatoms. The summed E-state index contributed by atoms with van der Waals surface area (Å²) in [4.78, 5) is 4.68. The average Bonchev–Trinajstić information content (AvgIpc) is 2.94. The zero-order chi connectivity index (χ0) is 18.6. The quantitative estimate of drug-likeness (QED) is 0.312. The maximum Gasteiger partial charge on any atom is 0.191 e. The SMILES string of the molecule is CCNC(=NCc1cc2c(cc1OCC)CC(C)O2)NCC1(O)CCC1.I. The lowest BCUT2D eigenvalue weighted by Crippen LogP contribution is -2.50. The number of hydrogen-bond acceptors (Lipinski definition) is 4. The van der Waals surface area contributed by atoms with E-state index in [1.54, 1.807) is 0 Å². The number of rotatable bonds is 7. The summed E-state index contributed by atoms with van der Waals surface area (Å²) in [5.41, 5.74) is 1.63. The van der Waals surface area contributed by atoms with Crippen LogP contribution in [0.1, 0.15) is 51.2 Å². The van der Waals surface area contributed by atoms with Crippen LogP contribution in [0, 0.1) is 0 Å². The molecule has 6 nitrogen and oxygen atoms in total. The summed E-state index contributed by atoms with van der Waals surface area (Å²) in [7, 11) is 0. The normalized spacial score (nSPS) is 20.0. The minimum absolute atomic E-state index is 0. The van der Waals surface area contributed by atoms with Crippen molar-refractivity contribution in [1.82, 2.24) is 10.6 Å². The summed E-state index contributed by atoms with van der Waals surface area (Å²) < 4.78 is 11.7. The predicted molar refractivity (Wildman–Crippen MR) is 118 cm³/mol. The van der Waals surface area contributed by atoms with Crippen LogP contribution in [0.15, 0.2) is 17.1 Å². The van der Waals surface area contributed by atoms with Crippen molar-refractivity contribution in [2.75, 3.05) is 19.7 Å². The van der Waals surface area contributed by atoms with Gasteiger partial charge >= 0.3 is 0 Å². The van der Waals surface area contributed by atoms with Gasteiger partial charge in [0.15, 0.2) is 5.96 Å². The smallest absolute Gasteiger partial charge is 0.191 e. The van der Waals surface area contributed by atoms with Crippen molar-refractivity contribution in [2.24, 2.45) is 4.99 Å². The fourth-order valence-electron chi connectivity index (χ4n) is 3.41. The Morgan fingerprint density at radius 1 is 1.33 bits per heavy atom. The first-order chi connectivity index (χ1) is 12.5. The first-order valence-corrected chi connectivity index (χ1v) is 9.73. The highest BCUT2D eigenvalue weighted by Crippen LogP contribution is 2.35. The molecule has 3 N–H and O–H groups in total. The molecule has 0 saturated heterocycles. The van der Waals surface area contributed by atoms with Crippen LogP contribution < -0.4 is 20.1 Å². The zero-order valence-corrected chi connectivity index (χ0v) is 18.8. The average molecular weight is 489 g/mol. The number of ether oxygens (including phenoxy) is 2. The van der Waals surface area contributed by atoms with Gasteiger partial charge in [0, 0.05) is 30.6 Å². The van der Waals surface area contributed by atoms with E-state index in [9.17, 15) is 5.11 Å². The van der Waals surface area contributed by atoms with Crippen LogP contribution in [0.3, 0.4) is 0 Å². The van der Waals surface area contributed by atoms with Gasteiger partial charge in [0.1, 0.15) is 17.6 Å². The number of fused-ring (bicyclic) bond motifs is 1. The van der Waals surface area contributed by atoms with Crippen LogP contribution in [0.2, 0.25) is 0 Å². The molecule has 0 radical (unpaired) electrons. The van der Waals surface area contributed by atoms with Crippen molar-refractivity contribution >= 4 is 29.9 Å². The Balaban J connectivity index is 0.00000261. The van der Waals surface area contributed by atoms with Crippen LogP contribution >= 0.6 is 24.0 Å². The van der Waals surface area contributed by atoms with Gasteiger partial charge in [-0.25, -0.2) is 4.99 Å². The number of guanidine groups is 1. The van der Waals surface area contributed by atoms with Gasteiger partial charge in [-0.1, -0.05) is 0 Å². The number of halogens is 1.